The molecule has 1 atom stereocenters. The lowest BCUT2D eigenvalue weighted by Crippen LogP contribution is -2.48. The van der Waals surface area contributed by atoms with Crippen molar-refractivity contribution in [1.82, 2.24) is 14.9 Å². The van der Waals surface area contributed by atoms with Crippen molar-refractivity contribution in [3.05, 3.63) is 46.2 Å². The Balaban J connectivity index is 1.67. The summed E-state index contributed by atoms with van der Waals surface area (Å²) in [6.45, 7) is 6.15. The standard InChI is InChI=1S/C18H23N3O2S/c1-13(2)17-9-14(12-24-17)18(22)21-7-8-23-11-16(21)4-3-15-10-19-5-6-20-15/h5-6,9-10,12-13,16H,3-4,7-8,11H2,1-2H3. The first-order valence-corrected chi connectivity index (χ1v) is 9.25. The Morgan fingerprint density at radius 1 is 1.46 bits per heavy atom. The third-order valence-electron chi connectivity index (χ3n) is 4.27. The van der Waals surface area contributed by atoms with Gasteiger partial charge in [0.05, 0.1) is 30.5 Å². The van der Waals surface area contributed by atoms with Crippen molar-refractivity contribution < 1.29 is 9.53 Å². The minimum atomic E-state index is 0.0932. The topological polar surface area (TPSA) is 55.3 Å². The molecular formula is C18H23N3O2S. The van der Waals surface area contributed by atoms with Gasteiger partial charge < -0.3 is 9.64 Å². The highest BCUT2D eigenvalue weighted by Crippen LogP contribution is 2.25. The van der Waals surface area contributed by atoms with E-state index in [-0.39, 0.29) is 11.9 Å². The van der Waals surface area contributed by atoms with E-state index in [2.05, 4.69) is 23.8 Å². The molecule has 1 saturated heterocycles. The molecule has 0 bridgehead atoms. The van der Waals surface area contributed by atoms with E-state index >= 15 is 0 Å². The molecule has 0 radical (unpaired) electrons. The zero-order valence-corrected chi connectivity index (χ0v) is 15.0. The molecule has 1 unspecified atom stereocenters. The molecule has 0 spiro atoms. The lowest BCUT2D eigenvalue weighted by molar-refractivity contribution is -0.00410. The molecule has 0 aromatic carbocycles. The van der Waals surface area contributed by atoms with Crippen LogP contribution in [0.5, 0.6) is 0 Å². The van der Waals surface area contributed by atoms with Crippen LogP contribution >= 0.6 is 11.3 Å². The summed E-state index contributed by atoms with van der Waals surface area (Å²) in [7, 11) is 0. The molecule has 1 amide bonds. The molecule has 24 heavy (non-hydrogen) atoms. The Kier molecular flexibility index (Phi) is 5.58. The van der Waals surface area contributed by atoms with Crippen molar-refractivity contribution in [1.29, 1.82) is 0 Å². The van der Waals surface area contributed by atoms with E-state index in [9.17, 15) is 4.79 Å². The number of morpholine rings is 1. The average Bonchev–Trinajstić information content (AvgIpc) is 3.11. The third-order valence-corrected chi connectivity index (χ3v) is 5.51. The van der Waals surface area contributed by atoms with Gasteiger partial charge in [0.15, 0.2) is 0 Å². The van der Waals surface area contributed by atoms with E-state index in [0.717, 1.165) is 24.1 Å². The molecular weight excluding hydrogens is 322 g/mol. The quantitative estimate of drug-likeness (QED) is 0.835. The van der Waals surface area contributed by atoms with Crippen LogP contribution in [0.15, 0.2) is 30.0 Å². The lowest BCUT2D eigenvalue weighted by atomic mass is 10.1. The van der Waals surface area contributed by atoms with Gasteiger partial charge >= 0.3 is 0 Å². The minimum Gasteiger partial charge on any atom is -0.377 e. The second-order valence-electron chi connectivity index (χ2n) is 6.36. The van der Waals surface area contributed by atoms with Crippen molar-refractivity contribution in [3.63, 3.8) is 0 Å². The summed E-state index contributed by atoms with van der Waals surface area (Å²) in [5.41, 5.74) is 1.75. The molecule has 5 nitrogen and oxygen atoms in total. The van der Waals surface area contributed by atoms with Gasteiger partial charge in [-0.25, -0.2) is 0 Å². The number of rotatable bonds is 5. The van der Waals surface area contributed by atoms with Crippen molar-refractivity contribution in [3.8, 4) is 0 Å². The summed E-state index contributed by atoms with van der Waals surface area (Å²) in [6, 6.07) is 2.13. The van der Waals surface area contributed by atoms with Crippen molar-refractivity contribution in [2.24, 2.45) is 0 Å². The maximum absolute atomic E-state index is 12.9. The molecule has 1 aliphatic rings. The Morgan fingerprint density at radius 2 is 2.33 bits per heavy atom. The first-order valence-electron chi connectivity index (χ1n) is 8.37. The van der Waals surface area contributed by atoms with Gasteiger partial charge in [-0.05, 0) is 24.8 Å². The maximum atomic E-state index is 12.9. The van der Waals surface area contributed by atoms with E-state index in [0.29, 0.717) is 25.7 Å². The molecule has 0 aliphatic carbocycles. The SMILES string of the molecule is CC(C)c1cc(C(=O)N2CCOCC2CCc2cnccn2)cs1. The van der Waals surface area contributed by atoms with Crippen molar-refractivity contribution in [2.75, 3.05) is 19.8 Å². The number of hydrogen-bond acceptors (Lipinski definition) is 5. The number of aryl methyl sites for hydroxylation is 1. The first kappa shape index (κ1) is 17.0. The van der Waals surface area contributed by atoms with Gasteiger partial charge in [-0.2, -0.15) is 0 Å². The third kappa shape index (κ3) is 3.99. The molecule has 3 heterocycles. The van der Waals surface area contributed by atoms with Crippen LogP contribution in [0.3, 0.4) is 0 Å². The smallest absolute Gasteiger partial charge is 0.255 e. The van der Waals surface area contributed by atoms with Gasteiger partial charge in [-0.15, -0.1) is 11.3 Å². The van der Waals surface area contributed by atoms with Crippen LogP contribution in [0, 0.1) is 0 Å². The van der Waals surface area contributed by atoms with Gasteiger partial charge in [-0.1, -0.05) is 13.8 Å². The van der Waals surface area contributed by atoms with E-state index in [1.54, 1.807) is 29.9 Å². The molecule has 0 N–H and O–H groups in total. The second-order valence-corrected chi connectivity index (χ2v) is 7.30. The van der Waals surface area contributed by atoms with Crippen LogP contribution < -0.4 is 0 Å². The summed E-state index contributed by atoms with van der Waals surface area (Å²) in [5, 5.41) is 1.98. The molecule has 1 fully saturated rings. The summed E-state index contributed by atoms with van der Waals surface area (Å²) in [5.74, 6) is 0.569. The van der Waals surface area contributed by atoms with Crippen LogP contribution in [0.4, 0.5) is 0 Å². The van der Waals surface area contributed by atoms with Crippen molar-refractivity contribution >= 4 is 17.2 Å². The Morgan fingerprint density at radius 3 is 3.04 bits per heavy atom. The van der Waals surface area contributed by atoms with E-state index in [1.165, 1.54) is 4.88 Å². The first-order chi connectivity index (χ1) is 11.6. The van der Waals surface area contributed by atoms with E-state index in [4.69, 9.17) is 4.74 Å². The highest BCUT2D eigenvalue weighted by Gasteiger charge is 2.28. The summed E-state index contributed by atoms with van der Waals surface area (Å²) < 4.78 is 5.60. The number of thiophene rings is 1. The van der Waals surface area contributed by atoms with Crippen LogP contribution in [-0.2, 0) is 11.2 Å². The summed E-state index contributed by atoms with van der Waals surface area (Å²) in [6.07, 6.45) is 6.79. The van der Waals surface area contributed by atoms with Crippen LogP contribution in [0.25, 0.3) is 0 Å². The van der Waals surface area contributed by atoms with Gasteiger partial charge in [0.2, 0.25) is 0 Å². The van der Waals surface area contributed by atoms with E-state index in [1.807, 2.05) is 16.3 Å². The molecule has 0 saturated carbocycles. The van der Waals surface area contributed by atoms with Crippen LogP contribution in [-0.4, -0.2) is 46.6 Å². The van der Waals surface area contributed by atoms with E-state index < -0.39 is 0 Å². The number of ether oxygens (including phenoxy) is 1. The number of carbonyl (C=O) groups excluding carboxylic acids is 1. The number of hydrogen-bond donors (Lipinski definition) is 0. The minimum absolute atomic E-state index is 0.0932. The van der Waals surface area contributed by atoms with Crippen molar-refractivity contribution in [2.45, 2.75) is 38.6 Å². The van der Waals surface area contributed by atoms with Gasteiger partial charge in [0.25, 0.3) is 5.91 Å². The summed E-state index contributed by atoms with van der Waals surface area (Å²) in [4.78, 5) is 24.5. The van der Waals surface area contributed by atoms with Crippen LogP contribution in [0.2, 0.25) is 0 Å². The number of amides is 1. The number of carbonyl (C=O) groups is 1. The molecule has 128 valence electrons. The monoisotopic (exact) mass is 345 g/mol. The largest absolute Gasteiger partial charge is 0.377 e. The maximum Gasteiger partial charge on any atom is 0.255 e. The molecule has 1 aliphatic heterocycles. The highest BCUT2D eigenvalue weighted by molar-refractivity contribution is 7.10. The highest BCUT2D eigenvalue weighted by atomic mass is 32.1. The molecule has 3 rings (SSSR count). The predicted molar refractivity (Wildman–Crippen MR) is 94.4 cm³/mol. The normalized spacial score (nSPS) is 18.1. The molecule has 2 aromatic rings. The zero-order valence-electron chi connectivity index (χ0n) is 14.1. The average molecular weight is 345 g/mol. The zero-order chi connectivity index (χ0) is 16.9. The Hall–Kier alpha value is -1.79. The predicted octanol–water partition coefficient (Wildman–Crippen LogP) is 3.14. The number of aromatic nitrogens is 2. The fourth-order valence-corrected chi connectivity index (χ4v) is 3.77. The van der Waals surface area contributed by atoms with Crippen LogP contribution in [0.1, 0.15) is 47.1 Å². The second kappa shape index (κ2) is 7.85. The molecule has 2 aromatic heterocycles. The molecule has 6 heteroatoms. The fraction of sp³-hybridized carbons (Fsp3) is 0.500. The Labute approximate surface area is 146 Å². The summed E-state index contributed by atoms with van der Waals surface area (Å²) >= 11 is 1.66. The van der Waals surface area contributed by atoms with Gasteiger partial charge in [0, 0.05) is 35.4 Å². The number of nitrogens with zero attached hydrogens (tertiary/aromatic N) is 3. The fourth-order valence-electron chi connectivity index (χ4n) is 2.87. The van der Waals surface area contributed by atoms with Gasteiger partial charge in [-0.3, -0.25) is 14.8 Å². The Bertz CT molecular complexity index is 672. The van der Waals surface area contributed by atoms with Gasteiger partial charge in [0.1, 0.15) is 0 Å². The lowest BCUT2D eigenvalue weighted by Gasteiger charge is -2.35.